The highest BCUT2D eigenvalue weighted by Gasteiger charge is 2.40. The van der Waals surface area contributed by atoms with Crippen molar-refractivity contribution in [2.75, 3.05) is 20.2 Å². The molecular formula is C20H18F3N3O4. The summed E-state index contributed by atoms with van der Waals surface area (Å²) in [5, 5.41) is 9.27. The molecule has 0 bridgehead atoms. The van der Waals surface area contributed by atoms with Gasteiger partial charge in [-0.05, 0) is 31.2 Å². The number of alkyl halides is 3. The summed E-state index contributed by atoms with van der Waals surface area (Å²) in [4.78, 5) is 18.3. The molecule has 2 heterocycles. The molecule has 1 fully saturated rings. The summed E-state index contributed by atoms with van der Waals surface area (Å²) in [5.41, 5.74) is -0.218. The molecule has 1 amide bonds. The molecule has 7 nitrogen and oxygen atoms in total. The second-order valence-corrected chi connectivity index (χ2v) is 6.57. The molecule has 2 aromatic rings. The molecule has 1 aliphatic rings. The van der Waals surface area contributed by atoms with Crippen molar-refractivity contribution in [2.24, 2.45) is 0 Å². The minimum absolute atomic E-state index is 0.0107. The van der Waals surface area contributed by atoms with Crippen molar-refractivity contribution in [3.63, 3.8) is 0 Å². The Kier molecular flexibility index (Phi) is 6.01. The summed E-state index contributed by atoms with van der Waals surface area (Å²) in [6, 6.07) is 7.71. The fourth-order valence-corrected chi connectivity index (χ4v) is 2.87. The van der Waals surface area contributed by atoms with Crippen LogP contribution in [-0.2, 0) is 0 Å². The zero-order valence-corrected chi connectivity index (χ0v) is 16.1. The predicted molar refractivity (Wildman–Crippen MR) is 98.4 cm³/mol. The Hall–Kier alpha value is -3.48. The third-order valence-electron chi connectivity index (χ3n) is 4.50. The Bertz CT molecular complexity index is 954. The summed E-state index contributed by atoms with van der Waals surface area (Å²) in [6.45, 7) is 1.25. The first kappa shape index (κ1) is 21.2. The number of ether oxygens (including phenoxy) is 3. The summed E-state index contributed by atoms with van der Waals surface area (Å²) in [5.74, 6) is -0.510. The fraction of sp³-hybridized carbons (Fsp3) is 0.350. The van der Waals surface area contributed by atoms with Crippen LogP contribution in [0.3, 0.4) is 0 Å². The number of pyridine rings is 1. The van der Waals surface area contributed by atoms with Crippen molar-refractivity contribution in [1.82, 2.24) is 9.88 Å². The largest absolute Gasteiger partial charge is 0.494 e. The first-order chi connectivity index (χ1) is 14.2. The Morgan fingerprint density at radius 1 is 1.33 bits per heavy atom. The first-order valence-corrected chi connectivity index (χ1v) is 8.95. The number of benzene rings is 1. The van der Waals surface area contributed by atoms with E-state index in [0.717, 1.165) is 6.92 Å². The number of aromatic nitrogens is 1. The van der Waals surface area contributed by atoms with Crippen LogP contribution in [0.5, 0.6) is 17.2 Å². The second kappa shape index (κ2) is 8.49. The van der Waals surface area contributed by atoms with Crippen LogP contribution >= 0.6 is 0 Å². The van der Waals surface area contributed by atoms with Crippen LogP contribution in [0.4, 0.5) is 13.2 Å². The third kappa shape index (κ3) is 4.40. The monoisotopic (exact) mass is 421 g/mol. The van der Waals surface area contributed by atoms with Crippen molar-refractivity contribution in [3.05, 3.63) is 47.8 Å². The van der Waals surface area contributed by atoms with Gasteiger partial charge in [0.05, 0.1) is 32.0 Å². The Balaban J connectivity index is 1.82. The first-order valence-electron chi connectivity index (χ1n) is 8.95. The molecule has 158 valence electrons. The van der Waals surface area contributed by atoms with Crippen molar-refractivity contribution in [1.29, 1.82) is 5.26 Å². The molecule has 1 saturated heterocycles. The van der Waals surface area contributed by atoms with E-state index in [1.807, 2.05) is 6.07 Å². The van der Waals surface area contributed by atoms with Gasteiger partial charge in [-0.15, -0.1) is 0 Å². The number of nitrogens with zero attached hydrogens (tertiary/aromatic N) is 3. The zero-order chi connectivity index (χ0) is 21.9. The molecule has 0 radical (unpaired) electrons. The highest BCUT2D eigenvalue weighted by molar-refractivity contribution is 6.01. The quantitative estimate of drug-likeness (QED) is 0.712. The average molecular weight is 421 g/mol. The number of amides is 1. The number of likely N-dealkylation sites (tertiary alicyclic amines) is 1. The molecule has 30 heavy (non-hydrogen) atoms. The standard InChI is InChI=1S/C20H18F3N3O4/c1-12(20(21,22)23)29-16-6-5-13(8-24)18(28-2)17(16)19(27)26-10-15(11-26)30-14-4-3-7-25-9-14/h3-7,9,12,15H,10-11H2,1-2H3. The van der Waals surface area contributed by atoms with Gasteiger partial charge in [-0.25, -0.2) is 0 Å². The highest BCUT2D eigenvalue weighted by Crippen LogP contribution is 2.36. The van der Waals surface area contributed by atoms with Crippen molar-refractivity contribution in [3.8, 4) is 23.3 Å². The third-order valence-corrected chi connectivity index (χ3v) is 4.50. The van der Waals surface area contributed by atoms with Gasteiger partial charge in [0.15, 0.2) is 11.9 Å². The Labute approximate surface area is 170 Å². The van der Waals surface area contributed by atoms with Gasteiger partial charge in [-0.3, -0.25) is 9.78 Å². The van der Waals surface area contributed by atoms with Crippen molar-refractivity contribution >= 4 is 5.91 Å². The van der Waals surface area contributed by atoms with Gasteiger partial charge in [0.2, 0.25) is 0 Å². The number of carbonyl (C=O) groups is 1. The van der Waals surface area contributed by atoms with Gasteiger partial charge in [-0.1, -0.05) is 0 Å². The van der Waals surface area contributed by atoms with E-state index in [4.69, 9.17) is 14.2 Å². The minimum Gasteiger partial charge on any atom is -0.494 e. The lowest BCUT2D eigenvalue weighted by Gasteiger charge is -2.39. The van der Waals surface area contributed by atoms with Crippen LogP contribution < -0.4 is 14.2 Å². The van der Waals surface area contributed by atoms with Gasteiger partial charge in [0, 0.05) is 6.20 Å². The molecule has 1 atom stereocenters. The van der Waals surface area contributed by atoms with E-state index in [0.29, 0.717) is 5.75 Å². The fourth-order valence-electron chi connectivity index (χ4n) is 2.87. The Morgan fingerprint density at radius 2 is 2.07 bits per heavy atom. The smallest absolute Gasteiger partial charge is 0.425 e. The molecule has 1 unspecified atom stereocenters. The molecule has 1 aromatic carbocycles. The maximum absolute atomic E-state index is 13.0. The lowest BCUT2D eigenvalue weighted by molar-refractivity contribution is -0.189. The van der Waals surface area contributed by atoms with Gasteiger partial charge < -0.3 is 19.1 Å². The van der Waals surface area contributed by atoms with Crippen LogP contribution in [-0.4, -0.2) is 54.4 Å². The van der Waals surface area contributed by atoms with Crippen LogP contribution in [0.1, 0.15) is 22.8 Å². The van der Waals surface area contributed by atoms with Crippen LogP contribution in [0.2, 0.25) is 0 Å². The molecule has 0 aliphatic carbocycles. The van der Waals surface area contributed by atoms with E-state index < -0.39 is 18.2 Å². The Morgan fingerprint density at radius 3 is 2.63 bits per heavy atom. The summed E-state index contributed by atoms with van der Waals surface area (Å²) >= 11 is 0. The van der Waals surface area contributed by atoms with Crippen molar-refractivity contribution < 1.29 is 32.2 Å². The van der Waals surface area contributed by atoms with Crippen molar-refractivity contribution in [2.45, 2.75) is 25.3 Å². The topological polar surface area (TPSA) is 84.7 Å². The average Bonchev–Trinajstić information content (AvgIpc) is 2.69. The number of carbonyl (C=O) groups excluding carboxylic acids is 1. The number of hydrogen-bond acceptors (Lipinski definition) is 6. The highest BCUT2D eigenvalue weighted by atomic mass is 19.4. The maximum atomic E-state index is 13.0. The zero-order valence-electron chi connectivity index (χ0n) is 16.1. The molecule has 1 aliphatic heterocycles. The maximum Gasteiger partial charge on any atom is 0.425 e. The number of rotatable bonds is 6. The SMILES string of the molecule is COc1c(C#N)ccc(OC(C)C(F)(F)F)c1C(=O)N1CC(Oc2cccnc2)C1. The van der Waals surface area contributed by atoms with Gasteiger partial charge >= 0.3 is 6.18 Å². The minimum atomic E-state index is -4.62. The van der Waals surface area contributed by atoms with Gasteiger partial charge in [-0.2, -0.15) is 18.4 Å². The molecule has 3 rings (SSSR count). The van der Waals surface area contributed by atoms with E-state index in [1.165, 1.54) is 30.3 Å². The predicted octanol–water partition coefficient (Wildman–Crippen LogP) is 3.19. The molecule has 1 aromatic heterocycles. The molecule has 0 N–H and O–H groups in total. The van der Waals surface area contributed by atoms with Crippen LogP contribution in [0, 0.1) is 11.3 Å². The van der Waals surface area contributed by atoms with E-state index in [9.17, 15) is 23.2 Å². The number of hydrogen-bond donors (Lipinski definition) is 0. The molecule has 0 spiro atoms. The lowest BCUT2D eigenvalue weighted by atomic mass is 10.0. The lowest BCUT2D eigenvalue weighted by Crippen LogP contribution is -2.56. The summed E-state index contributed by atoms with van der Waals surface area (Å²) in [7, 11) is 1.23. The normalized spacial score (nSPS) is 15.0. The number of halogens is 3. The summed E-state index contributed by atoms with van der Waals surface area (Å²) < 4.78 is 54.8. The number of nitriles is 1. The van der Waals surface area contributed by atoms with E-state index in [1.54, 1.807) is 18.3 Å². The van der Waals surface area contributed by atoms with E-state index >= 15 is 0 Å². The van der Waals surface area contributed by atoms with Crippen LogP contribution in [0.15, 0.2) is 36.7 Å². The van der Waals surface area contributed by atoms with Gasteiger partial charge in [0.1, 0.15) is 29.2 Å². The van der Waals surface area contributed by atoms with Gasteiger partial charge in [0.25, 0.3) is 5.91 Å². The molecular weight excluding hydrogens is 403 g/mol. The van der Waals surface area contributed by atoms with E-state index in [-0.39, 0.29) is 41.8 Å². The summed E-state index contributed by atoms with van der Waals surface area (Å²) in [6.07, 6.45) is -3.93. The van der Waals surface area contributed by atoms with Crippen LogP contribution in [0.25, 0.3) is 0 Å². The molecule has 10 heteroatoms. The second-order valence-electron chi connectivity index (χ2n) is 6.57. The number of methoxy groups -OCH3 is 1. The van der Waals surface area contributed by atoms with E-state index in [2.05, 4.69) is 4.98 Å². The molecule has 0 saturated carbocycles.